The lowest BCUT2D eigenvalue weighted by molar-refractivity contribution is 0.481. The average Bonchev–Trinajstić information content (AvgIpc) is 2.39. The highest BCUT2D eigenvalue weighted by Crippen LogP contribution is 2.23. The zero-order valence-corrected chi connectivity index (χ0v) is 10.8. The highest BCUT2D eigenvalue weighted by molar-refractivity contribution is 5.85. The summed E-state index contributed by atoms with van der Waals surface area (Å²) in [5.74, 6) is 1.59. The van der Waals surface area contributed by atoms with E-state index in [9.17, 15) is 0 Å². The van der Waals surface area contributed by atoms with Crippen molar-refractivity contribution in [1.29, 1.82) is 0 Å². The third kappa shape index (κ3) is 3.74. The summed E-state index contributed by atoms with van der Waals surface area (Å²) in [5, 5.41) is 0. The van der Waals surface area contributed by atoms with Gasteiger partial charge in [0.1, 0.15) is 11.5 Å². The van der Waals surface area contributed by atoms with Crippen molar-refractivity contribution < 1.29 is 4.74 Å². The van der Waals surface area contributed by atoms with E-state index in [1.807, 2.05) is 54.6 Å². The summed E-state index contributed by atoms with van der Waals surface area (Å²) >= 11 is 0. The van der Waals surface area contributed by atoms with E-state index in [0.717, 1.165) is 17.1 Å². The molecule has 1 atom stereocenters. The second kappa shape index (κ2) is 7.01. The van der Waals surface area contributed by atoms with Crippen molar-refractivity contribution in [2.45, 2.75) is 6.04 Å². The fourth-order valence-electron chi connectivity index (χ4n) is 1.57. The molecular weight excluding hydrogens is 248 g/mol. The number of hydrogen-bond acceptors (Lipinski definition) is 3. The number of nitrogens with two attached hydrogens (primary N) is 2. The van der Waals surface area contributed by atoms with Crippen LogP contribution in [0.4, 0.5) is 0 Å². The molecule has 0 spiro atoms. The second-order valence-electron chi connectivity index (χ2n) is 3.83. The van der Waals surface area contributed by atoms with Crippen LogP contribution in [0.3, 0.4) is 0 Å². The minimum Gasteiger partial charge on any atom is -0.457 e. The maximum atomic E-state index is 5.88. The highest BCUT2D eigenvalue weighted by Gasteiger charge is 2.04. The van der Waals surface area contributed by atoms with Crippen molar-refractivity contribution in [1.82, 2.24) is 0 Å². The Morgan fingerprint density at radius 2 is 1.61 bits per heavy atom. The molecule has 0 aliphatic carbocycles. The first-order valence-electron chi connectivity index (χ1n) is 5.58. The van der Waals surface area contributed by atoms with Crippen LogP contribution in [-0.4, -0.2) is 6.54 Å². The zero-order valence-electron chi connectivity index (χ0n) is 9.95. The van der Waals surface area contributed by atoms with Gasteiger partial charge in [-0.2, -0.15) is 0 Å². The summed E-state index contributed by atoms with van der Waals surface area (Å²) in [5.41, 5.74) is 12.4. The standard InChI is InChI=1S/C14H16N2O.ClH/c15-10-14(16)11-5-4-8-13(9-11)17-12-6-2-1-3-7-12;/h1-9,14H,10,15-16H2;1H/t14-;/m1./s1. The molecule has 0 heterocycles. The monoisotopic (exact) mass is 264 g/mol. The Morgan fingerprint density at radius 3 is 2.28 bits per heavy atom. The van der Waals surface area contributed by atoms with Crippen molar-refractivity contribution in [3.63, 3.8) is 0 Å². The summed E-state index contributed by atoms with van der Waals surface area (Å²) in [6.07, 6.45) is 0. The van der Waals surface area contributed by atoms with Crippen LogP contribution in [0.1, 0.15) is 11.6 Å². The smallest absolute Gasteiger partial charge is 0.127 e. The molecular formula is C14H17ClN2O. The molecule has 0 amide bonds. The van der Waals surface area contributed by atoms with Crippen molar-refractivity contribution in [3.05, 3.63) is 60.2 Å². The number of para-hydroxylation sites is 1. The first-order valence-corrected chi connectivity index (χ1v) is 5.58. The maximum Gasteiger partial charge on any atom is 0.127 e. The van der Waals surface area contributed by atoms with Crippen molar-refractivity contribution >= 4 is 12.4 Å². The van der Waals surface area contributed by atoms with E-state index in [-0.39, 0.29) is 18.4 Å². The molecule has 2 aromatic rings. The maximum absolute atomic E-state index is 5.88. The summed E-state index contributed by atoms with van der Waals surface area (Å²) in [4.78, 5) is 0. The SMILES string of the molecule is Cl.NC[C@@H](N)c1cccc(Oc2ccccc2)c1. The molecule has 96 valence electrons. The lowest BCUT2D eigenvalue weighted by Crippen LogP contribution is -2.20. The van der Waals surface area contributed by atoms with Gasteiger partial charge in [-0.3, -0.25) is 0 Å². The Labute approximate surface area is 113 Å². The van der Waals surface area contributed by atoms with E-state index in [2.05, 4.69) is 0 Å². The van der Waals surface area contributed by atoms with Crippen LogP contribution in [0, 0.1) is 0 Å². The largest absolute Gasteiger partial charge is 0.457 e. The van der Waals surface area contributed by atoms with Gasteiger partial charge in [0.2, 0.25) is 0 Å². The molecule has 3 nitrogen and oxygen atoms in total. The first kappa shape index (κ1) is 14.5. The zero-order chi connectivity index (χ0) is 12.1. The van der Waals surface area contributed by atoms with E-state index < -0.39 is 0 Å². The van der Waals surface area contributed by atoms with E-state index in [0.29, 0.717) is 6.54 Å². The molecule has 4 heteroatoms. The molecule has 0 aliphatic rings. The molecule has 0 unspecified atom stereocenters. The Balaban J connectivity index is 0.00000162. The van der Waals surface area contributed by atoms with Gasteiger partial charge in [-0.25, -0.2) is 0 Å². The number of benzene rings is 2. The van der Waals surface area contributed by atoms with Crippen molar-refractivity contribution in [2.24, 2.45) is 11.5 Å². The van der Waals surface area contributed by atoms with Gasteiger partial charge < -0.3 is 16.2 Å². The first-order chi connectivity index (χ1) is 8.29. The molecule has 0 aliphatic heterocycles. The second-order valence-corrected chi connectivity index (χ2v) is 3.83. The molecule has 2 rings (SSSR count). The van der Waals surface area contributed by atoms with Gasteiger partial charge in [0.25, 0.3) is 0 Å². The van der Waals surface area contributed by atoms with E-state index >= 15 is 0 Å². The fourth-order valence-corrected chi connectivity index (χ4v) is 1.57. The van der Waals surface area contributed by atoms with Gasteiger partial charge >= 0.3 is 0 Å². The molecule has 0 fully saturated rings. The minimum atomic E-state index is -0.144. The van der Waals surface area contributed by atoms with Crippen molar-refractivity contribution in [3.8, 4) is 11.5 Å². The lowest BCUT2D eigenvalue weighted by Gasteiger charge is -2.11. The van der Waals surface area contributed by atoms with Crippen LogP contribution in [0.15, 0.2) is 54.6 Å². The molecule has 4 N–H and O–H groups in total. The van der Waals surface area contributed by atoms with Gasteiger partial charge in [-0.15, -0.1) is 12.4 Å². The quantitative estimate of drug-likeness (QED) is 0.893. The van der Waals surface area contributed by atoms with Gasteiger partial charge in [0.15, 0.2) is 0 Å². The number of halogens is 1. The fraction of sp³-hybridized carbons (Fsp3) is 0.143. The number of hydrogen-bond donors (Lipinski definition) is 2. The lowest BCUT2D eigenvalue weighted by atomic mass is 10.1. The highest BCUT2D eigenvalue weighted by atomic mass is 35.5. The Morgan fingerprint density at radius 1 is 0.944 bits per heavy atom. The van der Waals surface area contributed by atoms with Gasteiger partial charge in [-0.1, -0.05) is 30.3 Å². The Bertz CT molecular complexity index is 476. The van der Waals surface area contributed by atoms with Gasteiger partial charge in [0, 0.05) is 12.6 Å². The topological polar surface area (TPSA) is 61.3 Å². The van der Waals surface area contributed by atoms with Gasteiger partial charge in [-0.05, 0) is 29.8 Å². The van der Waals surface area contributed by atoms with Crippen LogP contribution >= 0.6 is 12.4 Å². The molecule has 0 saturated carbocycles. The molecule has 0 aromatic heterocycles. The van der Waals surface area contributed by atoms with E-state index in [1.165, 1.54) is 0 Å². The summed E-state index contributed by atoms with van der Waals surface area (Å²) in [6, 6.07) is 17.2. The van der Waals surface area contributed by atoms with E-state index in [1.54, 1.807) is 0 Å². The normalized spacial score (nSPS) is 11.4. The van der Waals surface area contributed by atoms with Crippen LogP contribution in [0.25, 0.3) is 0 Å². The van der Waals surface area contributed by atoms with Crippen LogP contribution < -0.4 is 16.2 Å². The van der Waals surface area contributed by atoms with Crippen molar-refractivity contribution in [2.75, 3.05) is 6.54 Å². The number of rotatable bonds is 4. The molecule has 18 heavy (non-hydrogen) atoms. The van der Waals surface area contributed by atoms with Crippen LogP contribution in [0.2, 0.25) is 0 Å². The van der Waals surface area contributed by atoms with Gasteiger partial charge in [0.05, 0.1) is 0 Å². The number of ether oxygens (including phenoxy) is 1. The molecule has 2 aromatic carbocycles. The predicted octanol–water partition coefficient (Wildman–Crippen LogP) is 2.86. The van der Waals surface area contributed by atoms with Crippen LogP contribution in [0.5, 0.6) is 11.5 Å². The average molecular weight is 265 g/mol. The Hall–Kier alpha value is -1.55. The third-order valence-electron chi connectivity index (χ3n) is 2.52. The molecule has 0 saturated heterocycles. The predicted molar refractivity (Wildman–Crippen MR) is 76.2 cm³/mol. The Kier molecular flexibility index (Phi) is 5.65. The molecule has 0 bridgehead atoms. The summed E-state index contributed by atoms with van der Waals surface area (Å²) < 4.78 is 5.72. The third-order valence-corrected chi connectivity index (χ3v) is 2.52. The molecule has 0 radical (unpaired) electrons. The summed E-state index contributed by atoms with van der Waals surface area (Å²) in [6.45, 7) is 0.425. The van der Waals surface area contributed by atoms with E-state index in [4.69, 9.17) is 16.2 Å². The minimum absolute atomic E-state index is 0. The summed E-state index contributed by atoms with van der Waals surface area (Å²) in [7, 11) is 0. The van der Waals surface area contributed by atoms with Crippen LogP contribution in [-0.2, 0) is 0 Å².